The molecule has 7 heteroatoms. The van der Waals surface area contributed by atoms with Crippen LogP contribution in [-0.4, -0.2) is 58.6 Å². The summed E-state index contributed by atoms with van der Waals surface area (Å²) in [6, 6.07) is 12.8. The van der Waals surface area contributed by atoms with Gasteiger partial charge in [-0.15, -0.1) is 0 Å². The van der Waals surface area contributed by atoms with E-state index in [0.29, 0.717) is 17.0 Å². The Hall–Kier alpha value is -1.67. The average molecular weight is 395 g/mol. The molecular weight excluding hydrogens is 372 g/mol. The first-order valence-corrected chi connectivity index (χ1v) is 9.04. The molecule has 1 aliphatic heterocycles. The van der Waals surface area contributed by atoms with E-state index in [2.05, 4.69) is 0 Å². The van der Waals surface area contributed by atoms with Crippen LogP contribution in [0.15, 0.2) is 42.5 Å². The zero-order valence-corrected chi connectivity index (χ0v) is 15.6. The summed E-state index contributed by atoms with van der Waals surface area (Å²) in [5, 5.41) is 39.9. The fraction of sp³-hybridized carbons (Fsp3) is 0.400. The van der Waals surface area contributed by atoms with Crippen LogP contribution in [0.3, 0.4) is 0 Å². The second-order valence-electron chi connectivity index (χ2n) is 6.59. The van der Waals surface area contributed by atoms with E-state index >= 15 is 0 Å². The molecule has 0 bridgehead atoms. The first-order valence-electron chi connectivity index (χ1n) is 8.67. The van der Waals surface area contributed by atoms with Crippen molar-refractivity contribution in [1.82, 2.24) is 0 Å². The van der Waals surface area contributed by atoms with Crippen LogP contribution in [0.25, 0.3) is 0 Å². The van der Waals surface area contributed by atoms with Crippen LogP contribution in [-0.2, 0) is 11.2 Å². The van der Waals surface area contributed by atoms with Crippen LogP contribution < -0.4 is 4.74 Å². The van der Waals surface area contributed by atoms with E-state index in [4.69, 9.17) is 26.2 Å². The lowest BCUT2D eigenvalue weighted by molar-refractivity contribution is -0.0820. The molecule has 1 saturated heterocycles. The summed E-state index contributed by atoms with van der Waals surface area (Å²) in [5.74, 6) is 0.748. The summed E-state index contributed by atoms with van der Waals surface area (Å²) < 4.78 is 11.0. The largest absolute Gasteiger partial charge is 0.496 e. The van der Waals surface area contributed by atoms with Gasteiger partial charge < -0.3 is 29.9 Å². The average Bonchev–Trinajstić information content (AvgIpc) is 2.98. The Kier molecular flexibility index (Phi) is 6.37. The van der Waals surface area contributed by atoms with E-state index in [1.54, 1.807) is 19.2 Å². The van der Waals surface area contributed by atoms with Gasteiger partial charge in [0.25, 0.3) is 0 Å². The molecule has 3 rings (SSSR count). The standard InChI is InChI=1S/C20H23ClO6/c1-26-16-5-3-2-4-11(16)8-13-9-12(6-7-14(13)21)19-17(24)18(25)20(27-19)15(23)10-22/h2-7,9,15,17-20,22-25H,8,10H2,1H3/t15-,17+,18+,19-,20+/m0/s1. The molecule has 1 fully saturated rings. The minimum absolute atomic E-state index is 0.519. The van der Waals surface area contributed by atoms with Crippen molar-refractivity contribution < 1.29 is 29.9 Å². The van der Waals surface area contributed by atoms with Crippen molar-refractivity contribution in [1.29, 1.82) is 0 Å². The number of rotatable bonds is 6. The van der Waals surface area contributed by atoms with Crippen LogP contribution in [0.1, 0.15) is 22.8 Å². The summed E-state index contributed by atoms with van der Waals surface area (Å²) in [4.78, 5) is 0. The molecule has 0 amide bonds. The van der Waals surface area contributed by atoms with Gasteiger partial charge in [0.15, 0.2) is 0 Å². The Morgan fingerprint density at radius 3 is 2.56 bits per heavy atom. The molecule has 5 atom stereocenters. The molecule has 6 nitrogen and oxygen atoms in total. The van der Waals surface area contributed by atoms with Crippen LogP contribution in [0.5, 0.6) is 5.75 Å². The van der Waals surface area contributed by atoms with Crippen molar-refractivity contribution in [3.8, 4) is 5.75 Å². The monoisotopic (exact) mass is 394 g/mol. The van der Waals surface area contributed by atoms with E-state index in [9.17, 15) is 15.3 Å². The number of halogens is 1. The highest BCUT2D eigenvalue weighted by Crippen LogP contribution is 2.37. The lowest BCUT2D eigenvalue weighted by atomic mass is 9.96. The molecule has 0 spiro atoms. The van der Waals surface area contributed by atoms with Gasteiger partial charge in [0.05, 0.1) is 13.7 Å². The molecule has 27 heavy (non-hydrogen) atoms. The molecule has 146 valence electrons. The minimum Gasteiger partial charge on any atom is -0.496 e. The van der Waals surface area contributed by atoms with Crippen LogP contribution in [0.4, 0.5) is 0 Å². The maximum absolute atomic E-state index is 10.3. The number of hydrogen-bond acceptors (Lipinski definition) is 6. The van der Waals surface area contributed by atoms with Crippen molar-refractivity contribution in [2.45, 2.75) is 36.9 Å². The number of benzene rings is 2. The Bertz CT molecular complexity index is 783. The van der Waals surface area contributed by atoms with Crippen LogP contribution in [0, 0.1) is 0 Å². The van der Waals surface area contributed by atoms with Gasteiger partial charge in [-0.3, -0.25) is 0 Å². The van der Waals surface area contributed by atoms with E-state index < -0.39 is 37.1 Å². The predicted octanol–water partition coefficient (Wildman–Crippen LogP) is 1.45. The molecule has 0 aromatic heterocycles. The summed E-state index contributed by atoms with van der Waals surface area (Å²) in [6.07, 6.45) is -5.18. The van der Waals surface area contributed by atoms with E-state index in [1.807, 2.05) is 30.3 Å². The molecule has 2 aromatic rings. The molecular formula is C20H23ClO6. The van der Waals surface area contributed by atoms with E-state index in [-0.39, 0.29) is 0 Å². The maximum atomic E-state index is 10.3. The fourth-order valence-corrected chi connectivity index (χ4v) is 3.55. The SMILES string of the molecule is COc1ccccc1Cc1cc([C@@H]2O[C@H]([C@@H](O)CO)[C@H](O)[C@H]2O)ccc1Cl. The number of ether oxygens (including phenoxy) is 2. The van der Waals surface area contributed by atoms with Crippen LogP contribution >= 0.6 is 11.6 Å². The van der Waals surface area contributed by atoms with Crippen molar-refractivity contribution in [2.24, 2.45) is 0 Å². The third-order valence-corrected chi connectivity index (χ3v) is 5.21. The normalized spacial score (nSPS) is 26.1. The maximum Gasteiger partial charge on any atom is 0.122 e. The van der Waals surface area contributed by atoms with Crippen LogP contribution in [0.2, 0.25) is 5.02 Å². The highest BCUT2D eigenvalue weighted by molar-refractivity contribution is 6.31. The third kappa shape index (κ3) is 4.11. The molecule has 1 aliphatic rings. The quantitative estimate of drug-likeness (QED) is 0.592. The minimum atomic E-state index is -1.30. The second-order valence-corrected chi connectivity index (χ2v) is 7.00. The molecule has 0 aliphatic carbocycles. The van der Waals surface area contributed by atoms with Crippen molar-refractivity contribution in [3.05, 3.63) is 64.2 Å². The molecule has 1 heterocycles. The molecule has 4 N–H and O–H groups in total. The first kappa shape index (κ1) is 20.1. The van der Waals surface area contributed by atoms with Crippen molar-refractivity contribution in [2.75, 3.05) is 13.7 Å². The Morgan fingerprint density at radius 2 is 1.85 bits per heavy atom. The van der Waals surface area contributed by atoms with Gasteiger partial charge in [0.2, 0.25) is 0 Å². The van der Waals surface area contributed by atoms with Gasteiger partial charge >= 0.3 is 0 Å². The van der Waals surface area contributed by atoms with Gasteiger partial charge in [0, 0.05) is 11.4 Å². The topological polar surface area (TPSA) is 99.4 Å². The number of hydrogen-bond donors (Lipinski definition) is 4. The first-order chi connectivity index (χ1) is 13.0. The smallest absolute Gasteiger partial charge is 0.122 e. The highest BCUT2D eigenvalue weighted by Gasteiger charge is 2.46. The van der Waals surface area contributed by atoms with Crippen molar-refractivity contribution >= 4 is 11.6 Å². The molecule has 0 radical (unpaired) electrons. The third-order valence-electron chi connectivity index (χ3n) is 4.84. The summed E-state index contributed by atoms with van der Waals surface area (Å²) in [6.45, 7) is -0.569. The summed E-state index contributed by atoms with van der Waals surface area (Å²) in [7, 11) is 1.60. The lowest BCUT2D eigenvalue weighted by Gasteiger charge is -2.19. The molecule has 2 aromatic carbocycles. The van der Waals surface area contributed by atoms with Gasteiger partial charge in [-0.1, -0.05) is 41.9 Å². The molecule has 0 unspecified atom stereocenters. The number of para-hydroxylation sites is 1. The zero-order chi connectivity index (χ0) is 19.6. The Morgan fingerprint density at radius 1 is 1.11 bits per heavy atom. The fourth-order valence-electron chi connectivity index (χ4n) is 3.36. The Labute approximate surface area is 162 Å². The van der Waals surface area contributed by atoms with E-state index in [1.165, 1.54) is 0 Å². The number of methoxy groups -OCH3 is 1. The van der Waals surface area contributed by atoms with E-state index in [0.717, 1.165) is 16.9 Å². The van der Waals surface area contributed by atoms with Crippen molar-refractivity contribution in [3.63, 3.8) is 0 Å². The predicted molar refractivity (Wildman–Crippen MR) is 100.0 cm³/mol. The van der Waals surface area contributed by atoms with Gasteiger partial charge in [-0.25, -0.2) is 0 Å². The second kappa shape index (κ2) is 8.56. The number of aliphatic hydroxyl groups is 4. The highest BCUT2D eigenvalue weighted by atomic mass is 35.5. The number of aliphatic hydroxyl groups excluding tert-OH is 4. The zero-order valence-electron chi connectivity index (χ0n) is 14.8. The Balaban J connectivity index is 1.87. The lowest BCUT2D eigenvalue weighted by Crippen LogP contribution is -2.40. The van der Waals surface area contributed by atoms with Gasteiger partial charge in [0.1, 0.15) is 36.3 Å². The molecule has 0 saturated carbocycles. The summed E-state index contributed by atoms with van der Waals surface area (Å²) >= 11 is 6.35. The van der Waals surface area contributed by atoms with Gasteiger partial charge in [-0.05, 0) is 28.8 Å². The van der Waals surface area contributed by atoms with Gasteiger partial charge in [-0.2, -0.15) is 0 Å². The summed E-state index contributed by atoms with van der Waals surface area (Å²) in [5.41, 5.74) is 2.40.